The van der Waals surface area contributed by atoms with Gasteiger partial charge in [-0.2, -0.15) is 15.4 Å². The van der Waals surface area contributed by atoms with Crippen molar-refractivity contribution in [2.24, 2.45) is 4.99 Å². The molecule has 0 radical (unpaired) electrons. The molecule has 0 aliphatic heterocycles. The minimum atomic E-state index is -0.0574. The van der Waals surface area contributed by atoms with E-state index in [9.17, 15) is 0 Å². The Labute approximate surface area is 127 Å². The van der Waals surface area contributed by atoms with E-state index in [4.69, 9.17) is 0 Å². The van der Waals surface area contributed by atoms with E-state index in [0.29, 0.717) is 0 Å². The first-order valence-electron chi connectivity index (χ1n) is 6.51. The van der Waals surface area contributed by atoms with Crippen molar-refractivity contribution in [1.82, 2.24) is 15.4 Å². The maximum atomic E-state index is 4.59. The lowest BCUT2D eigenvalue weighted by molar-refractivity contribution is 0.566. The topological polar surface area (TPSA) is 53.9 Å². The molecule has 2 aromatic rings. The first kappa shape index (κ1) is 14.9. The summed E-state index contributed by atoms with van der Waals surface area (Å²) in [7, 11) is 0. The van der Waals surface area contributed by atoms with Crippen molar-refractivity contribution < 1.29 is 0 Å². The Bertz CT molecular complexity index is 627. The van der Waals surface area contributed by atoms with Gasteiger partial charge < -0.3 is 0 Å². The van der Waals surface area contributed by atoms with Gasteiger partial charge in [0.1, 0.15) is 5.69 Å². The van der Waals surface area contributed by atoms with Gasteiger partial charge in [-0.05, 0) is 37.1 Å². The number of benzene rings is 1. The summed E-state index contributed by atoms with van der Waals surface area (Å²) in [6.07, 6.45) is 1.79. The van der Waals surface area contributed by atoms with Crippen molar-refractivity contribution in [3.05, 3.63) is 39.1 Å². The molecule has 0 spiro atoms. The van der Waals surface area contributed by atoms with Crippen LogP contribution in [0.3, 0.4) is 0 Å². The van der Waals surface area contributed by atoms with Crippen LogP contribution < -0.4 is 0 Å². The Morgan fingerprint density at radius 2 is 1.75 bits per heavy atom. The van der Waals surface area contributed by atoms with Crippen molar-refractivity contribution in [3.8, 4) is 0 Å². The van der Waals surface area contributed by atoms with E-state index in [1.807, 2.05) is 0 Å². The van der Waals surface area contributed by atoms with E-state index >= 15 is 0 Å². The predicted octanol–water partition coefficient (Wildman–Crippen LogP) is 4.23. The molecule has 1 N–H and O–H groups in total. The predicted molar refractivity (Wildman–Crippen MR) is 86.0 cm³/mol. The third-order valence-electron chi connectivity index (χ3n) is 3.06. The zero-order valence-corrected chi connectivity index (χ0v) is 14.0. The van der Waals surface area contributed by atoms with Gasteiger partial charge in [0, 0.05) is 9.89 Å². The first-order chi connectivity index (χ1) is 9.29. The molecular formula is C15H19BrN4. The van der Waals surface area contributed by atoms with Gasteiger partial charge in [-0.3, -0.25) is 4.99 Å². The van der Waals surface area contributed by atoms with Crippen molar-refractivity contribution in [2.45, 2.75) is 40.0 Å². The average Bonchev–Trinajstić information content (AvgIpc) is 2.75. The third-order valence-corrected chi connectivity index (χ3v) is 3.51. The standard InChI is InChI=1S/C15H19BrN4/c1-9-6-11(16)7-10(2)13(9)17-8-12-14(15(3,4)5)19-20-18-12/h6-8H,1-5H3,(H,18,19,20). The van der Waals surface area contributed by atoms with Crippen LogP contribution in [-0.2, 0) is 5.41 Å². The number of hydrogen-bond acceptors (Lipinski definition) is 3. The van der Waals surface area contributed by atoms with Gasteiger partial charge in [-0.15, -0.1) is 0 Å². The van der Waals surface area contributed by atoms with Gasteiger partial charge in [0.25, 0.3) is 0 Å². The lowest BCUT2D eigenvalue weighted by atomic mass is 9.91. The highest BCUT2D eigenvalue weighted by molar-refractivity contribution is 9.10. The third kappa shape index (κ3) is 3.15. The number of nitrogens with one attached hydrogen (secondary N) is 1. The van der Waals surface area contributed by atoms with E-state index in [1.54, 1.807) is 6.21 Å². The molecule has 0 amide bonds. The number of rotatable bonds is 2. The quantitative estimate of drug-likeness (QED) is 0.835. The first-order valence-corrected chi connectivity index (χ1v) is 7.30. The smallest absolute Gasteiger partial charge is 0.127 e. The maximum Gasteiger partial charge on any atom is 0.127 e. The molecule has 0 fully saturated rings. The van der Waals surface area contributed by atoms with E-state index in [0.717, 1.165) is 32.7 Å². The van der Waals surface area contributed by atoms with Crippen LogP contribution in [0.15, 0.2) is 21.6 Å². The molecule has 20 heavy (non-hydrogen) atoms. The number of aryl methyl sites for hydroxylation is 2. The highest BCUT2D eigenvalue weighted by atomic mass is 79.9. The van der Waals surface area contributed by atoms with Crippen LogP contribution in [-0.4, -0.2) is 21.6 Å². The van der Waals surface area contributed by atoms with Gasteiger partial charge in [0.15, 0.2) is 0 Å². The van der Waals surface area contributed by atoms with Crippen molar-refractivity contribution in [1.29, 1.82) is 0 Å². The molecule has 106 valence electrons. The Balaban J connectivity index is 2.39. The number of aromatic nitrogens is 3. The Morgan fingerprint density at radius 3 is 2.30 bits per heavy atom. The molecule has 0 unspecified atom stereocenters. The summed E-state index contributed by atoms with van der Waals surface area (Å²) in [6, 6.07) is 4.13. The van der Waals surface area contributed by atoms with Crippen LogP contribution in [0, 0.1) is 13.8 Å². The van der Waals surface area contributed by atoms with Gasteiger partial charge in [0.2, 0.25) is 0 Å². The summed E-state index contributed by atoms with van der Waals surface area (Å²) >= 11 is 3.50. The van der Waals surface area contributed by atoms with E-state index in [-0.39, 0.29) is 5.41 Å². The summed E-state index contributed by atoms with van der Waals surface area (Å²) in [4.78, 5) is 4.59. The number of hydrogen-bond donors (Lipinski definition) is 1. The number of H-pyrrole nitrogens is 1. The molecule has 1 aromatic heterocycles. The Morgan fingerprint density at radius 1 is 1.15 bits per heavy atom. The molecular weight excluding hydrogens is 316 g/mol. The van der Waals surface area contributed by atoms with E-state index < -0.39 is 0 Å². The zero-order chi connectivity index (χ0) is 14.9. The molecule has 0 aliphatic rings. The molecule has 0 saturated carbocycles. The van der Waals surface area contributed by atoms with Gasteiger partial charge in [0.05, 0.1) is 17.6 Å². The normalized spacial score (nSPS) is 12.3. The Hall–Kier alpha value is -1.49. The minimum Gasteiger partial charge on any atom is -0.254 e. The van der Waals surface area contributed by atoms with Crippen LogP contribution in [0.2, 0.25) is 0 Å². The SMILES string of the molecule is Cc1cc(Br)cc(C)c1N=Cc1n[nH]nc1C(C)(C)C. The molecule has 5 heteroatoms. The van der Waals surface area contributed by atoms with Gasteiger partial charge in [-0.25, -0.2) is 0 Å². The highest BCUT2D eigenvalue weighted by Crippen LogP contribution is 2.28. The van der Waals surface area contributed by atoms with Crippen molar-refractivity contribution in [2.75, 3.05) is 0 Å². The summed E-state index contributed by atoms with van der Waals surface area (Å²) < 4.78 is 1.07. The maximum absolute atomic E-state index is 4.59. The summed E-state index contributed by atoms with van der Waals surface area (Å²) in [6.45, 7) is 10.4. The van der Waals surface area contributed by atoms with Gasteiger partial charge in [-0.1, -0.05) is 36.7 Å². The number of nitrogens with zero attached hydrogens (tertiary/aromatic N) is 3. The largest absolute Gasteiger partial charge is 0.254 e. The molecule has 1 aromatic carbocycles. The molecule has 2 rings (SSSR count). The van der Waals surface area contributed by atoms with Crippen LogP contribution in [0.25, 0.3) is 0 Å². The fraction of sp³-hybridized carbons (Fsp3) is 0.400. The van der Waals surface area contributed by atoms with Crippen LogP contribution in [0.1, 0.15) is 43.3 Å². The van der Waals surface area contributed by atoms with Crippen molar-refractivity contribution >= 4 is 27.8 Å². The van der Waals surface area contributed by atoms with E-state index in [2.05, 4.69) is 83.1 Å². The summed E-state index contributed by atoms with van der Waals surface area (Å²) in [5.74, 6) is 0. The average molecular weight is 335 g/mol. The molecule has 4 nitrogen and oxygen atoms in total. The fourth-order valence-electron chi connectivity index (χ4n) is 2.11. The molecule has 0 saturated heterocycles. The number of halogens is 1. The lowest BCUT2D eigenvalue weighted by Crippen LogP contribution is -2.14. The summed E-state index contributed by atoms with van der Waals surface area (Å²) in [5, 5.41) is 11.1. The van der Waals surface area contributed by atoms with Crippen molar-refractivity contribution in [3.63, 3.8) is 0 Å². The van der Waals surface area contributed by atoms with Crippen LogP contribution in [0.5, 0.6) is 0 Å². The second-order valence-corrected chi connectivity index (χ2v) is 6.87. The Kier molecular flexibility index (Phi) is 4.09. The summed E-state index contributed by atoms with van der Waals surface area (Å²) in [5.41, 5.74) is 4.91. The molecule has 0 atom stereocenters. The van der Waals surface area contributed by atoms with E-state index in [1.165, 1.54) is 0 Å². The molecule has 0 bridgehead atoms. The molecule has 1 heterocycles. The lowest BCUT2D eigenvalue weighted by Gasteiger charge is -2.14. The number of aromatic amines is 1. The monoisotopic (exact) mass is 334 g/mol. The molecule has 0 aliphatic carbocycles. The second kappa shape index (κ2) is 5.48. The van der Waals surface area contributed by atoms with Crippen LogP contribution in [0.4, 0.5) is 5.69 Å². The number of aliphatic imine (C=N–C) groups is 1. The fourth-order valence-corrected chi connectivity index (χ4v) is 2.80. The van der Waals surface area contributed by atoms with Crippen LogP contribution >= 0.6 is 15.9 Å². The minimum absolute atomic E-state index is 0.0574. The zero-order valence-electron chi connectivity index (χ0n) is 12.5. The highest BCUT2D eigenvalue weighted by Gasteiger charge is 2.21. The second-order valence-electron chi connectivity index (χ2n) is 5.95. The van der Waals surface area contributed by atoms with Gasteiger partial charge >= 0.3 is 0 Å².